The van der Waals surface area contributed by atoms with Gasteiger partial charge in [0.25, 0.3) is 0 Å². The van der Waals surface area contributed by atoms with E-state index in [9.17, 15) is 19.8 Å². The maximum absolute atomic E-state index is 12.9. The average molecular weight is 382 g/mol. The fourth-order valence-electron chi connectivity index (χ4n) is 3.46. The van der Waals surface area contributed by atoms with Crippen LogP contribution in [0.4, 0.5) is 0 Å². The fourth-order valence-corrected chi connectivity index (χ4v) is 3.46. The first kappa shape index (κ1) is 23.5. The second kappa shape index (κ2) is 9.60. The molecule has 0 aromatic heterocycles. The smallest absolute Gasteiger partial charge is 0.309 e. The summed E-state index contributed by atoms with van der Waals surface area (Å²) in [6.45, 7) is 10.3. The molecule has 1 heterocycles. The molecule has 1 aliphatic heterocycles. The van der Waals surface area contributed by atoms with E-state index >= 15 is 0 Å². The number of ketones is 1. The summed E-state index contributed by atoms with van der Waals surface area (Å²) in [5, 5.41) is 29.0. The molecular weight excluding hydrogens is 346 g/mol. The van der Waals surface area contributed by atoms with Gasteiger partial charge >= 0.3 is 5.97 Å². The quantitative estimate of drug-likeness (QED) is 0.368. The highest BCUT2D eigenvalue weighted by Crippen LogP contribution is 2.32. The molecule has 0 saturated carbocycles. The minimum Gasteiger partial charge on any atom is -0.452 e. The lowest BCUT2D eigenvalue weighted by Crippen LogP contribution is -2.45. The van der Waals surface area contributed by atoms with Gasteiger partial charge in [-0.05, 0) is 45.1 Å². The van der Waals surface area contributed by atoms with Crippen molar-refractivity contribution in [1.82, 2.24) is 0 Å². The average Bonchev–Trinajstić information content (AvgIpc) is 2.57. The Kier molecular flexibility index (Phi) is 8.36. The van der Waals surface area contributed by atoms with Crippen LogP contribution in [0.3, 0.4) is 0 Å². The third kappa shape index (κ3) is 6.25. The molecule has 1 rings (SSSR count). The van der Waals surface area contributed by atoms with Gasteiger partial charge in [0.05, 0.1) is 29.8 Å². The van der Waals surface area contributed by atoms with E-state index in [0.717, 1.165) is 24.8 Å². The maximum Gasteiger partial charge on any atom is 0.309 e. The number of hydrogen-bond donors (Lipinski definition) is 3. The van der Waals surface area contributed by atoms with Gasteiger partial charge in [-0.15, -0.1) is 0 Å². The summed E-state index contributed by atoms with van der Waals surface area (Å²) in [6.07, 6.45) is 0.947. The zero-order valence-electron chi connectivity index (χ0n) is 17.4. The summed E-state index contributed by atoms with van der Waals surface area (Å²) in [6, 6.07) is 0. The molecule has 0 aliphatic carbocycles. The standard InChI is InChI=1S/C21H35NO5/c1-12-8-7-9-13(2)19(25)14(3)20(26)21(5,6)17(23)11-18(24)27-16(10-12)15(4)22/h10,13-14,16-17,19,22-23,25H,7-9,11H2,1-6H3/b12-10-,22-15?. The number of carbonyl (C=O) groups is 2. The van der Waals surface area contributed by atoms with Crippen molar-refractivity contribution in [2.75, 3.05) is 0 Å². The lowest BCUT2D eigenvalue weighted by atomic mass is 9.73. The second-order valence-electron chi connectivity index (χ2n) is 8.56. The number of cyclic esters (lactones) is 1. The van der Waals surface area contributed by atoms with Crippen LogP contribution in [0.15, 0.2) is 11.6 Å². The molecule has 154 valence electrons. The van der Waals surface area contributed by atoms with Crippen LogP contribution < -0.4 is 0 Å². The molecule has 5 unspecified atom stereocenters. The number of aliphatic hydroxyl groups is 2. The highest BCUT2D eigenvalue weighted by Gasteiger charge is 2.42. The number of esters is 1. The Hall–Kier alpha value is -1.53. The Morgan fingerprint density at radius 2 is 1.85 bits per heavy atom. The first-order valence-corrected chi connectivity index (χ1v) is 9.70. The Balaban J connectivity index is 3.18. The molecule has 0 aromatic rings. The van der Waals surface area contributed by atoms with Crippen LogP contribution in [0.25, 0.3) is 0 Å². The molecule has 6 heteroatoms. The van der Waals surface area contributed by atoms with Crippen molar-refractivity contribution in [2.24, 2.45) is 17.3 Å². The fraction of sp³-hybridized carbons (Fsp3) is 0.762. The summed E-state index contributed by atoms with van der Waals surface area (Å²) in [5.41, 5.74) is 0.00975. The largest absolute Gasteiger partial charge is 0.452 e. The summed E-state index contributed by atoms with van der Waals surface area (Å²) in [5.74, 6) is -1.63. The number of ether oxygens (including phenoxy) is 1. The number of nitrogens with one attached hydrogen (secondary N) is 1. The highest BCUT2D eigenvalue weighted by molar-refractivity contribution is 5.89. The van der Waals surface area contributed by atoms with Gasteiger partial charge in [0, 0.05) is 5.92 Å². The second-order valence-corrected chi connectivity index (χ2v) is 8.56. The summed E-state index contributed by atoms with van der Waals surface area (Å²) in [4.78, 5) is 25.2. The van der Waals surface area contributed by atoms with Crippen LogP contribution in [0.1, 0.15) is 67.2 Å². The van der Waals surface area contributed by atoms with E-state index in [-0.39, 0.29) is 23.8 Å². The third-order valence-corrected chi connectivity index (χ3v) is 5.69. The first-order chi connectivity index (χ1) is 12.4. The summed E-state index contributed by atoms with van der Waals surface area (Å²) in [7, 11) is 0. The van der Waals surface area contributed by atoms with Gasteiger partial charge in [-0.1, -0.05) is 33.3 Å². The van der Waals surface area contributed by atoms with E-state index < -0.39 is 35.6 Å². The van der Waals surface area contributed by atoms with E-state index in [0.29, 0.717) is 0 Å². The van der Waals surface area contributed by atoms with Crippen LogP contribution >= 0.6 is 0 Å². The van der Waals surface area contributed by atoms with E-state index in [1.54, 1.807) is 33.8 Å². The Morgan fingerprint density at radius 3 is 2.41 bits per heavy atom. The molecule has 0 spiro atoms. The molecule has 0 bridgehead atoms. The number of carbonyl (C=O) groups excluding carboxylic acids is 2. The monoisotopic (exact) mass is 381 g/mol. The molecule has 0 radical (unpaired) electrons. The number of rotatable bonds is 1. The molecule has 1 aliphatic rings. The van der Waals surface area contributed by atoms with Gasteiger partial charge in [0.1, 0.15) is 5.78 Å². The van der Waals surface area contributed by atoms with E-state index in [1.807, 2.05) is 13.8 Å². The molecule has 0 aromatic carbocycles. The highest BCUT2D eigenvalue weighted by atomic mass is 16.5. The van der Waals surface area contributed by atoms with E-state index in [4.69, 9.17) is 10.1 Å². The predicted molar refractivity (Wildman–Crippen MR) is 105 cm³/mol. The van der Waals surface area contributed by atoms with Crippen molar-refractivity contribution in [3.8, 4) is 0 Å². The topological polar surface area (TPSA) is 108 Å². The van der Waals surface area contributed by atoms with Crippen LogP contribution in [0, 0.1) is 22.7 Å². The predicted octanol–water partition coefficient (Wildman–Crippen LogP) is 3.05. The van der Waals surface area contributed by atoms with Crippen LogP contribution in [0.2, 0.25) is 0 Å². The zero-order valence-corrected chi connectivity index (χ0v) is 17.4. The number of allylic oxidation sites excluding steroid dienone is 1. The minimum absolute atomic E-state index is 0.0621. The zero-order chi connectivity index (χ0) is 20.9. The van der Waals surface area contributed by atoms with Crippen molar-refractivity contribution in [1.29, 1.82) is 5.41 Å². The third-order valence-electron chi connectivity index (χ3n) is 5.69. The molecule has 6 nitrogen and oxygen atoms in total. The SMILES string of the molecule is CC(=N)C1/C=C(/C)CCCC(C)C(O)C(C)C(=O)C(C)(C)C(O)CC(=O)O1. The van der Waals surface area contributed by atoms with Gasteiger partial charge in [-0.25, -0.2) is 0 Å². The van der Waals surface area contributed by atoms with Crippen LogP contribution in [0.5, 0.6) is 0 Å². The van der Waals surface area contributed by atoms with Gasteiger partial charge in [-0.3, -0.25) is 9.59 Å². The summed E-state index contributed by atoms with van der Waals surface area (Å²) >= 11 is 0. The van der Waals surface area contributed by atoms with Gasteiger partial charge in [-0.2, -0.15) is 0 Å². The Bertz CT molecular complexity index is 595. The molecule has 5 atom stereocenters. The lowest BCUT2D eigenvalue weighted by Gasteiger charge is -2.34. The Labute approximate surface area is 162 Å². The molecule has 0 saturated heterocycles. The number of aliphatic hydroxyl groups excluding tert-OH is 2. The molecule has 27 heavy (non-hydrogen) atoms. The molecule has 3 N–H and O–H groups in total. The van der Waals surface area contributed by atoms with Crippen molar-refractivity contribution in [3.63, 3.8) is 0 Å². The molecular formula is C21H35NO5. The van der Waals surface area contributed by atoms with Crippen molar-refractivity contribution in [3.05, 3.63) is 11.6 Å². The van der Waals surface area contributed by atoms with Gasteiger partial charge in [0.2, 0.25) is 0 Å². The normalized spacial score (nSPS) is 36.0. The number of hydrogen-bond acceptors (Lipinski definition) is 6. The van der Waals surface area contributed by atoms with Crippen molar-refractivity contribution in [2.45, 2.75) is 85.5 Å². The summed E-state index contributed by atoms with van der Waals surface area (Å²) < 4.78 is 5.37. The number of Topliss-reactive ketones (excluding diaryl/α,β-unsaturated/α-hetero) is 1. The van der Waals surface area contributed by atoms with Gasteiger partial charge in [0.15, 0.2) is 6.10 Å². The molecule has 0 fully saturated rings. The lowest BCUT2D eigenvalue weighted by molar-refractivity contribution is -0.152. The van der Waals surface area contributed by atoms with Crippen molar-refractivity contribution >= 4 is 17.5 Å². The van der Waals surface area contributed by atoms with Crippen LogP contribution in [-0.4, -0.2) is 46.0 Å². The minimum atomic E-state index is -1.23. The Morgan fingerprint density at radius 1 is 1.26 bits per heavy atom. The maximum atomic E-state index is 12.9. The van der Waals surface area contributed by atoms with Crippen LogP contribution in [-0.2, 0) is 14.3 Å². The van der Waals surface area contributed by atoms with Gasteiger partial charge < -0.3 is 20.4 Å². The van der Waals surface area contributed by atoms with E-state index in [1.165, 1.54) is 0 Å². The van der Waals surface area contributed by atoms with E-state index in [2.05, 4.69) is 0 Å². The van der Waals surface area contributed by atoms with Crippen molar-refractivity contribution < 1.29 is 24.5 Å². The molecule has 0 amide bonds. The first-order valence-electron chi connectivity index (χ1n) is 9.70.